The largest absolute Gasteiger partial charge is 0.359 e. The van der Waals surface area contributed by atoms with Gasteiger partial charge in [-0.3, -0.25) is 4.68 Å². The molecule has 2 rings (SSSR count). The van der Waals surface area contributed by atoms with Crippen LogP contribution < -0.4 is 0 Å². The summed E-state index contributed by atoms with van der Waals surface area (Å²) in [6, 6.07) is 1.94. The molecule has 0 spiro atoms. The first-order valence-electron chi connectivity index (χ1n) is 5.00. The topological polar surface area (TPSA) is 43.9 Å². The maximum atomic E-state index is 5.16. The molecule has 0 unspecified atom stereocenters. The number of hydrogen-bond donors (Lipinski definition) is 0. The van der Waals surface area contributed by atoms with Crippen LogP contribution in [-0.4, -0.2) is 14.9 Å². The summed E-state index contributed by atoms with van der Waals surface area (Å²) in [5.41, 5.74) is 4.40. The molecule has 0 bridgehead atoms. The van der Waals surface area contributed by atoms with Crippen molar-refractivity contribution in [2.75, 3.05) is 0 Å². The molecule has 0 fully saturated rings. The Bertz CT molecular complexity index is 482. The van der Waals surface area contributed by atoms with E-state index in [1.165, 1.54) is 11.3 Å². The second kappa shape index (κ2) is 3.53. The van der Waals surface area contributed by atoms with Crippen LogP contribution in [0.3, 0.4) is 0 Å². The SMILES string of the molecule is Cc1cc(Cn2nc(C)c(C)c2C)on1. The van der Waals surface area contributed by atoms with Crippen LogP contribution in [0.2, 0.25) is 0 Å². The molecule has 0 N–H and O–H groups in total. The molecule has 0 radical (unpaired) electrons. The van der Waals surface area contributed by atoms with Gasteiger partial charge in [-0.1, -0.05) is 5.16 Å². The van der Waals surface area contributed by atoms with Crippen molar-refractivity contribution in [3.8, 4) is 0 Å². The highest BCUT2D eigenvalue weighted by Gasteiger charge is 2.09. The van der Waals surface area contributed by atoms with Crippen LogP contribution >= 0.6 is 0 Å². The van der Waals surface area contributed by atoms with E-state index in [0.717, 1.165) is 17.1 Å². The third-order valence-corrected chi connectivity index (χ3v) is 2.73. The molecule has 4 heteroatoms. The first-order valence-corrected chi connectivity index (χ1v) is 5.00. The molecule has 0 aliphatic carbocycles. The molecular formula is C11H15N3O. The first kappa shape index (κ1) is 9.96. The molecule has 0 aliphatic rings. The Hall–Kier alpha value is -1.58. The Kier molecular flexibility index (Phi) is 2.34. The molecule has 0 saturated heterocycles. The highest BCUT2D eigenvalue weighted by Crippen LogP contribution is 2.13. The first-order chi connectivity index (χ1) is 7.08. The van der Waals surface area contributed by atoms with Gasteiger partial charge in [-0.05, 0) is 33.3 Å². The fraction of sp³-hybridized carbons (Fsp3) is 0.455. The lowest BCUT2D eigenvalue weighted by molar-refractivity contribution is 0.367. The summed E-state index contributed by atoms with van der Waals surface area (Å²) in [5.74, 6) is 0.845. The van der Waals surface area contributed by atoms with Crippen LogP contribution in [0.15, 0.2) is 10.6 Å². The van der Waals surface area contributed by atoms with Crippen molar-refractivity contribution in [1.29, 1.82) is 0 Å². The summed E-state index contributed by atoms with van der Waals surface area (Å²) in [6.07, 6.45) is 0. The highest BCUT2D eigenvalue weighted by molar-refractivity contribution is 5.22. The van der Waals surface area contributed by atoms with Gasteiger partial charge in [0.05, 0.1) is 11.4 Å². The van der Waals surface area contributed by atoms with E-state index < -0.39 is 0 Å². The normalized spacial score (nSPS) is 10.9. The Labute approximate surface area is 88.9 Å². The Balaban J connectivity index is 2.28. The summed E-state index contributed by atoms with van der Waals surface area (Å²) in [7, 11) is 0. The molecule has 0 aliphatic heterocycles. The zero-order valence-corrected chi connectivity index (χ0v) is 9.53. The molecule has 2 heterocycles. The molecule has 80 valence electrons. The van der Waals surface area contributed by atoms with Gasteiger partial charge in [-0.2, -0.15) is 5.10 Å². The van der Waals surface area contributed by atoms with Crippen molar-refractivity contribution >= 4 is 0 Å². The van der Waals surface area contributed by atoms with Crippen molar-refractivity contribution in [2.45, 2.75) is 34.2 Å². The maximum absolute atomic E-state index is 5.16. The predicted octanol–water partition coefficient (Wildman–Crippen LogP) is 2.15. The van der Waals surface area contributed by atoms with Gasteiger partial charge in [0.15, 0.2) is 5.76 Å². The van der Waals surface area contributed by atoms with Gasteiger partial charge in [0.25, 0.3) is 0 Å². The quantitative estimate of drug-likeness (QED) is 0.754. The summed E-state index contributed by atoms with van der Waals surface area (Å²) in [5, 5.41) is 8.30. The van der Waals surface area contributed by atoms with Crippen molar-refractivity contribution in [3.63, 3.8) is 0 Å². The summed E-state index contributed by atoms with van der Waals surface area (Å²) < 4.78 is 7.11. The average Bonchev–Trinajstić information content (AvgIpc) is 2.68. The van der Waals surface area contributed by atoms with Crippen LogP contribution in [0.1, 0.15) is 28.4 Å². The minimum Gasteiger partial charge on any atom is -0.359 e. The second-order valence-corrected chi connectivity index (χ2v) is 3.89. The molecule has 0 saturated carbocycles. The van der Waals surface area contributed by atoms with Crippen LogP contribution in [0, 0.1) is 27.7 Å². The van der Waals surface area contributed by atoms with Crippen molar-refractivity contribution in [2.24, 2.45) is 0 Å². The molecule has 0 atom stereocenters. The predicted molar refractivity (Wildman–Crippen MR) is 56.8 cm³/mol. The van der Waals surface area contributed by atoms with E-state index in [1.54, 1.807) is 0 Å². The van der Waals surface area contributed by atoms with E-state index in [4.69, 9.17) is 4.52 Å². The number of aryl methyl sites for hydroxylation is 2. The second-order valence-electron chi connectivity index (χ2n) is 3.89. The Morgan fingerprint density at radius 1 is 1.27 bits per heavy atom. The van der Waals surface area contributed by atoms with Gasteiger partial charge >= 0.3 is 0 Å². The lowest BCUT2D eigenvalue weighted by Gasteiger charge is -2.00. The lowest BCUT2D eigenvalue weighted by Crippen LogP contribution is -2.03. The van der Waals surface area contributed by atoms with E-state index in [9.17, 15) is 0 Å². The van der Waals surface area contributed by atoms with Crippen LogP contribution in [0.4, 0.5) is 0 Å². The minimum absolute atomic E-state index is 0.654. The van der Waals surface area contributed by atoms with Crippen molar-refractivity contribution in [3.05, 3.63) is 34.5 Å². The molecule has 0 amide bonds. The van der Waals surface area contributed by atoms with E-state index in [2.05, 4.69) is 24.1 Å². The van der Waals surface area contributed by atoms with Crippen LogP contribution in [-0.2, 0) is 6.54 Å². The average molecular weight is 205 g/mol. The molecule has 0 aromatic carbocycles. The van der Waals surface area contributed by atoms with Crippen molar-refractivity contribution in [1.82, 2.24) is 14.9 Å². The monoisotopic (exact) mass is 205 g/mol. The molecule has 2 aromatic rings. The van der Waals surface area contributed by atoms with E-state index in [-0.39, 0.29) is 0 Å². The fourth-order valence-corrected chi connectivity index (χ4v) is 1.58. The van der Waals surface area contributed by atoms with E-state index in [0.29, 0.717) is 6.54 Å². The van der Waals surface area contributed by atoms with Crippen LogP contribution in [0.5, 0.6) is 0 Å². The van der Waals surface area contributed by atoms with Gasteiger partial charge in [0, 0.05) is 11.8 Å². The molecule has 15 heavy (non-hydrogen) atoms. The fourth-order valence-electron chi connectivity index (χ4n) is 1.58. The van der Waals surface area contributed by atoms with Gasteiger partial charge in [-0.15, -0.1) is 0 Å². The zero-order valence-electron chi connectivity index (χ0n) is 9.53. The summed E-state index contributed by atoms with van der Waals surface area (Å²) in [6.45, 7) is 8.74. The molecule has 4 nitrogen and oxygen atoms in total. The smallest absolute Gasteiger partial charge is 0.158 e. The summed E-state index contributed by atoms with van der Waals surface area (Å²) in [4.78, 5) is 0. The molecule has 2 aromatic heterocycles. The Morgan fingerprint density at radius 2 is 2.00 bits per heavy atom. The minimum atomic E-state index is 0.654. The van der Waals surface area contributed by atoms with E-state index >= 15 is 0 Å². The van der Waals surface area contributed by atoms with Gasteiger partial charge in [-0.25, -0.2) is 0 Å². The third-order valence-electron chi connectivity index (χ3n) is 2.73. The number of aromatic nitrogens is 3. The standard InChI is InChI=1S/C11H15N3O/c1-7-5-11(15-13-7)6-14-10(4)8(2)9(3)12-14/h5H,6H2,1-4H3. The maximum Gasteiger partial charge on any atom is 0.158 e. The van der Waals surface area contributed by atoms with Gasteiger partial charge in [0.1, 0.15) is 6.54 Å². The number of hydrogen-bond acceptors (Lipinski definition) is 3. The summed E-state index contributed by atoms with van der Waals surface area (Å²) >= 11 is 0. The van der Waals surface area contributed by atoms with Crippen LogP contribution in [0.25, 0.3) is 0 Å². The van der Waals surface area contributed by atoms with Gasteiger partial charge in [0.2, 0.25) is 0 Å². The van der Waals surface area contributed by atoms with Gasteiger partial charge < -0.3 is 4.52 Å². The highest BCUT2D eigenvalue weighted by atomic mass is 16.5. The Morgan fingerprint density at radius 3 is 2.47 bits per heavy atom. The third kappa shape index (κ3) is 1.79. The van der Waals surface area contributed by atoms with E-state index in [1.807, 2.05) is 24.6 Å². The number of rotatable bonds is 2. The number of nitrogens with zero attached hydrogens (tertiary/aromatic N) is 3. The van der Waals surface area contributed by atoms with Crippen molar-refractivity contribution < 1.29 is 4.52 Å². The lowest BCUT2D eigenvalue weighted by atomic mass is 10.2. The molecular weight excluding hydrogens is 190 g/mol. The zero-order chi connectivity index (χ0) is 11.0.